The van der Waals surface area contributed by atoms with Crippen LogP contribution in [0.4, 0.5) is 4.39 Å². The summed E-state index contributed by atoms with van der Waals surface area (Å²) in [4.78, 5) is 10.8. The van der Waals surface area contributed by atoms with Crippen LogP contribution in [-0.4, -0.2) is 19.6 Å². The summed E-state index contributed by atoms with van der Waals surface area (Å²) in [6.07, 6.45) is 0. The zero-order chi connectivity index (χ0) is 10.6. The van der Waals surface area contributed by atoms with Crippen LogP contribution in [0.2, 0.25) is 5.02 Å². The average Bonchev–Trinajstić information content (AvgIpc) is 2.19. The molecule has 0 heterocycles. The maximum absolute atomic E-state index is 12.7. The molecule has 0 atom stereocenters. The molecule has 0 spiro atoms. The zero-order valence-corrected chi connectivity index (χ0v) is 8.27. The summed E-state index contributed by atoms with van der Waals surface area (Å²) in [5.41, 5.74) is 0. The smallest absolute Gasteiger partial charge is 0.257 e. The van der Waals surface area contributed by atoms with E-state index in [9.17, 15) is 9.18 Å². The molecule has 0 aliphatic heterocycles. The van der Waals surface area contributed by atoms with E-state index < -0.39 is 5.82 Å². The molecule has 5 heteroatoms. The van der Waals surface area contributed by atoms with Crippen molar-refractivity contribution in [1.82, 2.24) is 5.32 Å². The Morgan fingerprint density at radius 1 is 1.64 bits per heavy atom. The minimum atomic E-state index is -0.457. The Hall–Kier alpha value is -1.29. The van der Waals surface area contributed by atoms with Crippen molar-refractivity contribution in [2.75, 3.05) is 13.7 Å². The number of hydrogen-bond acceptors (Lipinski definition) is 2. The molecular formula is C9H9ClFNO2. The van der Waals surface area contributed by atoms with Gasteiger partial charge in [-0.05, 0) is 12.1 Å². The molecule has 1 amide bonds. The number of nitrogens with one attached hydrogen (secondary N) is 1. The van der Waals surface area contributed by atoms with Crippen LogP contribution < -0.4 is 10.1 Å². The first-order valence-corrected chi connectivity index (χ1v) is 4.29. The van der Waals surface area contributed by atoms with Gasteiger partial charge in [0.2, 0.25) is 0 Å². The van der Waals surface area contributed by atoms with Crippen LogP contribution in [0, 0.1) is 5.82 Å². The number of ether oxygens (including phenoxy) is 1. The van der Waals surface area contributed by atoms with E-state index in [1.165, 1.54) is 19.2 Å². The van der Waals surface area contributed by atoms with Crippen LogP contribution >= 0.6 is 11.6 Å². The van der Waals surface area contributed by atoms with Crippen molar-refractivity contribution in [3.63, 3.8) is 0 Å². The molecule has 0 radical (unpaired) electrons. The summed E-state index contributed by atoms with van der Waals surface area (Å²) in [6, 6.07) is 3.72. The number of amides is 1. The van der Waals surface area contributed by atoms with Crippen molar-refractivity contribution >= 4 is 17.5 Å². The predicted molar refractivity (Wildman–Crippen MR) is 51.0 cm³/mol. The van der Waals surface area contributed by atoms with Gasteiger partial charge < -0.3 is 10.1 Å². The molecule has 1 rings (SSSR count). The van der Waals surface area contributed by atoms with E-state index in [1.807, 2.05) is 0 Å². The van der Waals surface area contributed by atoms with Crippen molar-refractivity contribution in [3.05, 3.63) is 29.0 Å². The van der Waals surface area contributed by atoms with Gasteiger partial charge in [0.05, 0.1) is 5.02 Å². The Kier molecular flexibility index (Phi) is 3.71. The number of hydrogen-bond donors (Lipinski definition) is 1. The molecule has 0 saturated heterocycles. The molecule has 3 nitrogen and oxygen atoms in total. The van der Waals surface area contributed by atoms with E-state index in [1.54, 1.807) is 0 Å². The molecule has 1 N–H and O–H groups in total. The number of carbonyl (C=O) groups excluding carboxylic acids is 1. The second-order valence-electron chi connectivity index (χ2n) is 2.54. The summed E-state index contributed by atoms with van der Waals surface area (Å²) in [5.74, 6) is -0.595. The lowest BCUT2D eigenvalue weighted by Crippen LogP contribution is -2.24. The first kappa shape index (κ1) is 10.8. The van der Waals surface area contributed by atoms with E-state index in [2.05, 4.69) is 5.32 Å². The molecule has 0 aliphatic carbocycles. The van der Waals surface area contributed by atoms with Crippen LogP contribution in [0.15, 0.2) is 18.2 Å². The van der Waals surface area contributed by atoms with Gasteiger partial charge in [-0.1, -0.05) is 11.6 Å². The number of carbonyl (C=O) groups is 1. The van der Waals surface area contributed by atoms with Crippen LogP contribution in [0.1, 0.15) is 0 Å². The highest BCUT2D eigenvalue weighted by Crippen LogP contribution is 2.24. The van der Waals surface area contributed by atoms with Gasteiger partial charge in [-0.2, -0.15) is 0 Å². The Balaban J connectivity index is 2.66. The lowest BCUT2D eigenvalue weighted by Gasteiger charge is -2.06. The summed E-state index contributed by atoms with van der Waals surface area (Å²) >= 11 is 5.70. The number of halogens is 2. The molecule has 0 saturated carbocycles. The fourth-order valence-corrected chi connectivity index (χ4v) is 0.975. The molecule has 0 aliphatic rings. The van der Waals surface area contributed by atoms with Gasteiger partial charge in [0.25, 0.3) is 5.91 Å². The highest BCUT2D eigenvalue weighted by atomic mass is 35.5. The highest BCUT2D eigenvalue weighted by molar-refractivity contribution is 6.32. The number of benzene rings is 1. The summed E-state index contributed by atoms with van der Waals surface area (Å²) < 4.78 is 17.7. The van der Waals surface area contributed by atoms with Crippen molar-refractivity contribution in [2.45, 2.75) is 0 Å². The molecule has 1 aromatic carbocycles. The third-order valence-electron chi connectivity index (χ3n) is 1.53. The summed E-state index contributed by atoms with van der Waals surface area (Å²) in [5, 5.41) is 2.64. The predicted octanol–water partition coefficient (Wildman–Crippen LogP) is 1.60. The van der Waals surface area contributed by atoms with E-state index in [4.69, 9.17) is 16.3 Å². The van der Waals surface area contributed by atoms with Gasteiger partial charge in [-0.3, -0.25) is 4.79 Å². The standard InChI is InChI=1S/C9H9ClFNO2/c1-12-9(13)5-14-8-4-6(11)2-3-7(8)10/h2-4H,5H2,1H3,(H,12,13). The van der Waals surface area contributed by atoms with E-state index in [0.717, 1.165) is 6.07 Å². The minimum absolute atomic E-state index is 0.162. The Morgan fingerprint density at radius 2 is 2.36 bits per heavy atom. The second-order valence-corrected chi connectivity index (χ2v) is 2.94. The molecule has 0 bridgehead atoms. The topological polar surface area (TPSA) is 38.3 Å². The molecular weight excluding hydrogens is 209 g/mol. The quantitative estimate of drug-likeness (QED) is 0.835. The molecule has 0 fully saturated rings. The lowest BCUT2D eigenvalue weighted by atomic mass is 10.3. The minimum Gasteiger partial charge on any atom is -0.482 e. The van der Waals surface area contributed by atoms with Crippen LogP contribution in [0.5, 0.6) is 5.75 Å². The Morgan fingerprint density at radius 3 is 3.00 bits per heavy atom. The van der Waals surface area contributed by atoms with Gasteiger partial charge >= 0.3 is 0 Å². The van der Waals surface area contributed by atoms with Crippen molar-refractivity contribution < 1.29 is 13.9 Å². The molecule has 0 unspecified atom stereocenters. The van der Waals surface area contributed by atoms with Gasteiger partial charge in [-0.15, -0.1) is 0 Å². The summed E-state index contributed by atoms with van der Waals surface area (Å²) in [7, 11) is 1.48. The van der Waals surface area contributed by atoms with Gasteiger partial charge in [0.15, 0.2) is 6.61 Å². The van der Waals surface area contributed by atoms with E-state index in [-0.39, 0.29) is 23.3 Å². The maximum atomic E-state index is 12.7. The molecule has 14 heavy (non-hydrogen) atoms. The molecule has 76 valence electrons. The largest absolute Gasteiger partial charge is 0.482 e. The van der Waals surface area contributed by atoms with Crippen molar-refractivity contribution in [2.24, 2.45) is 0 Å². The van der Waals surface area contributed by atoms with Crippen molar-refractivity contribution in [3.8, 4) is 5.75 Å². The van der Waals surface area contributed by atoms with Crippen LogP contribution in [0.25, 0.3) is 0 Å². The zero-order valence-electron chi connectivity index (χ0n) is 7.51. The van der Waals surface area contributed by atoms with E-state index >= 15 is 0 Å². The fraction of sp³-hybridized carbons (Fsp3) is 0.222. The highest BCUT2D eigenvalue weighted by Gasteiger charge is 2.05. The van der Waals surface area contributed by atoms with Crippen molar-refractivity contribution in [1.29, 1.82) is 0 Å². The number of likely N-dealkylation sites (N-methyl/N-ethyl adjacent to an activating group) is 1. The summed E-state index contributed by atoms with van der Waals surface area (Å²) in [6.45, 7) is -0.181. The van der Waals surface area contributed by atoms with E-state index in [0.29, 0.717) is 0 Å². The average molecular weight is 218 g/mol. The van der Waals surface area contributed by atoms with Gasteiger partial charge in [0, 0.05) is 13.1 Å². The third kappa shape index (κ3) is 2.88. The first-order valence-electron chi connectivity index (χ1n) is 3.92. The van der Waals surface area contributed by atoms with Gasteiger partial charge in [-0.25, -0.2) is 4.39 Å². The maximum Gasteiger partial charge on any atom is 0.257 e. The first-order chi connectivity index (χ1) is 6.63. The monoisotopic (exact) mass is 217 g/mol. The Labute approximate surface area is 85.8 Å². The second kappa shape index (κ2) is 4.81. The number of rotatable bonds is 3. The Bertz CT molecular complexity index is 344. The van der Waals surface area contributed by atoms with Crippen LogP contribution in [0.3, 0.4) is 0 Å². The molecule has 1 aromatic rings. The van der Waals surface area contributed by atoms with Gasteiger partial charge in [0.1, 0.15) is 11.6 Å². The van der Waals surface area contributed by atoms with Crippen LogP contribution in [-0.2, 0) is 4.79 Å². The third-order valence-corrected chi connectivity index (χ3v) is 1.84. The lowest BCUT2D eigenvalue weighted by molar-refractivity contribution is -0.122. The normalized spacial score (nSPS) is 9.64. The fourth-order valence-electron chi connectivity index (χ4n) is 0.803. The molecule has 0 aromatic heterocycles. The SMILES string of the molecule is CNC(=O)COc1cc(F)ccc1Cl.